The van der Waals surface area contributed by atoms with Crippen LogP contribution in [-0.4, -0.2) is 28.7 Å². The maximum absolute atomic E-state index is 13.2. The van der Waals surface area contributed by atoms with E-state index in [1.165, 1.54) is 0 Å². The highest BCUT2D eigenvalue weighted by molar-refractivity contribution is 9.10. The van der Waals surface area contributed by atoms with Crippen LogP contribution in [0.2, 0.25) is 0 Å². The Kier molecular flexibility index (Phi) is 3.80. The van der Waals surface area contributed by atoms with E-state index < -0.39 is 12.1 Å². The van der Waals surface area contributed by atoms with Gasteiger partial charge in [0, 0.05) is 10.0 Å². The smallest absolute Gasteiger partial charge is 0.357 e. The number of nitrogens with zero attached hydrogens (tertiary/aromatic N) is 1. The van der Waals surface area contributed by atoms with Crippen LogP contribution in [0.5, 0.6) is 0 Å². The molecule has 1 aromatic heterocycles. The lowest BCUT2D eigenvalue weighted by Gasteiger charge is -2.02. The van der Waals surface area contributed by atoms with Gasteiger partial charge in [-0.05, 0) is 25.5 Å². The first-order valence-electron chi connectivity index (χ1n) is 6.77. The number of alkyl halides is 1. The molecule has 1 aliphatic carbocycles. The van der Waals surface area contributed by atoms with Crippen molar-refractivity contribution in [1.82, 2.24) is 9.97 Å². The molecule has 110 valence electrons. The third kappa shape index (κ3) is 2.85. The van der Waals surface area contributed by atoms with Crippen LogP contribution in [-0.2, 0) is 4.74 Å². The van der Waals surface area contributed by atoms with E-state index in [1.54, 1.807) is 6.92 Å². The van der Waals surface area contributed by atoms with Gasteiger partial charge in [-0.15, -0.1) is 0 Å². The van der Waals surface area contributed by atoms with E-state index in [1.807, 2.05) is 24.3 Å². The zero-order valence-corrected chi connectivity index (χ0v) is 13.0. The second kappa shape index (κ2) is 5.60. The summed E-state index contributed by atoms with van der Waals surface area (Å²) in [5.74, 6) is -0.184. The average molecular weight is 353 g/mol. The van der Waals surface area contributed by atoms with Gasteiger partial charge in [-0.2, -0.15) is 0 Å². The Morgan fingerprint density at radius 3 is 2.71 bits per heavy atom. The zero-order chi connectivity index (χ0) is 15.0. The van der Waals surface area contributed by atoms with Crippen molar-refractivity contribution < 1.29 is 13.9 Å². The molecule has 1 aliphatic rings. The predicted octanol–water partition coefficient (Wildman–Crippen LogP) is 3.84. The standard InChI is InChI=1S/C15H14BrFN2O2/c1-2-21-15(20)13-12(8-3-5-9(16)6-4-8)18-14(19-13)10-7-11(10)17/h3-6,10-11H,2,7H2,1H3,(H,18,19)/t10-,11+/m1/s1. The average Bonchev–Trinajstić information content (AvgIpc) is 3.02. The summed E-state index contributed by atoms with van der Waals surface area (Å²) < 4.78 is 19.2. The Morgan fingerprint density at radius 2 is 2.14 bits per heavy atom. The lowest BCUT2D eigenvalue weighted by atomic mass is 10.1. The number of imidazole rings is 1. The Balaban J connectivity index is 2.02. The van der Waals surface area contributed by atoms with Gasteiger partial charge in [-0.1, -0.05) is 28.1 Å². The molecule has 0 radical (unpaired) electrons. The zero-order valence-electron chi connectivity index (χ0n) is 11.4. The predicted molar refractivity (Wildman–Crippen MR) is 79.9 cm³/mol. The summed E-state index contributed by atoms with van der Waals surface area (Å²) in [6.45, 7) is 2.02. The molecule has 0 bridgehead atoms. The van der Waals surface area contributed by atoms with Crippen LogP contribution in [0.25, 0.3) is 11.3 Å². The maximum atomic E-state index is 13.2. The lowest BCUT2D eigenvalue weighted by molar-refractivity contribution is 0.0521. The van der Waals surface area contributed by atoms with Gasteiger partial charge in [0.15, 0.2) is 5.69 Å². The van der Waals surface area contributed by atoms with Crippen LogP contribution in [0.1, 0.15) is 35.6 Å². The van der Waals surface area contributed by atoms with E-state index in [4.69, 9.17) is 4.74 Å². The summed E-state index contributed by atoms with van der Waals surface area (Å²) in [6.07, 6.45) is -0.417. The monoisotopic (exact) mass is 352 g/mol. The van der Waals surface area contributed by atoms with Crippen molar-refractivity contribution >= 4 is 21.9 Å². The van der Waals surface area contributed by atoms with Gasteiger partial charge >= 0.3 is 5.97 Å². The number of benzene rings is 1. The molecule has 1 fully saturated rings. The Bertz CT molecular complexity index is 669. The molecule has 3 rings (SSSR count). The van der Waals surface area contributed by atoms with Crippen molar-refractivity contribution in [3.63, 3.8) is 0 Å². The molecule has 0 saturated heterocycles. The fourth-order valence-electron chi connectivity index (χ4n) is 2.18. The number of hydrogen-bond donors (Lipinski definition) is 1. The third-order valence-electron chi connectivity index (χ3n) is 3.38. The molecule has 1 aromatic carbocycles. The van der Waals surface area contributed by atoms with E-state index in [0.717, 1.165) is 10.0 Å². The third-order valence-corrected chi connectivity index (χ3v) is 3.91. The fourth-order valence-corrected chi connectivity index (χ4v) is 2.45. The number of hydrogen-bond acceptors (Lipinski definition) is 3. The largest absolute Gasteiger partial charge is 0.461 e. The highest BCUT2D eigenvalue weighted by atomic mass is 79.9. The van der Waals surface area contributed by atoms with Gasteiger partial charge in [0.25, 0.3) is 0 Å². The molecule has 2 atom stereocenters. The quantitative estimate of drug-likeness (QED) is 0.850. The van der Waals surface area contributed by atoms with Crippen molar-refractivity contribution in [2.24, 2.45) is 0 Å². The molecular weight excluding hydrogens is 339 g/mol. The number of H-pyrrole nitrogens is 1. The fraction of sp³-hybridized carbons (Fsp3) is 0.333. The number of halogens is 2. The number of carbonyl (C=O) groups is 1. The first-order chi connectivity index (χ1) is 10.1. The van der Waals surface area contributed by atoms with Gasteiger partial charge in [-0.25, -0.2) is 14.2 Å². The van der Waals surface area contributed by atoms with E-state index in [9.17, 15) is 9.18 Å². The molecule has 2 aromatic rings. The number of carbonyl (C=O) groups excluding carboxylic acids is 1. The highest BCUT2D eigenvalue weighted by Crippen LogP contribution is 2.43. The van der Waals surface area contributed by atoms with Crippen molar-refractivity contribution in [3.8, 4) is 11.3 Å². The number of aromatic nitrogens is 2. The maximum Gasteiger partial charge on any atom is 0.357 e. The van der Waals surface area contributed by atoms with E-state index >= 15 is 0 Å². The highest BCUT2D eigenvalue weighted by Gasteiger charge is 2.42. The molecule has 0 amide bonds. The minimum atomic E-state index is -0.871. The number of esters is 1. The van der Waals surface area contributed by atoms with Crippen LogP contribution in [0.15, 0.2) is 28.7 Å². The number of aromatic amines is 1. The molecular formula is C15H14BrFN2O2. The van der Waals surface area contributed by atoms with Crippen LogP contribution in [0.3, 0.4) is 0 Å². The molecule has 1 saturated carbocycles. The minimum Gasteiger partial charge on any atom is -0.461 e. The van der Waals surface area contributed by atoms with Crippen LogP contribution < -0.4 is 0 Å². The topological polar surface area (TPSA) is 55.0 Å². The van der Waals surface area contributed by atoms with E-state index in [-0.39, 0.29) is 18.2 Å². The minimum absolute atomic E-state index is 0.234. The lowest BCUT2D eigenvalue weighted by Crippen LogP contribution is -2.06. The number of rotatable bonds is 4. The van der Waals surface area contributed by atoms with Crippen LogP contribution in [0, 0.1) is 0 Å². The Labute approximate surface area is 129 Å². The summed E-state index contributed by atoms with van der Waals surface area (Å²) in [5, 5.41) is 0. The Morgan fingerprint density at radius 1 is 1.48 bits per heavy atom. The molecule has 0 unspecified atom stereocenters. The molecule has 21 heavy (non-hydrogen) atoms. The SMILES string of the molecule is CCOC(=O)c1[nH]c([C@@H]2C[C@@H]2F)nc1-c1ccc(Br)cc1. The summed E-state index contributed by atoms with van der Waals surface area (Å²) >= 11 is 3.37. The second-order valence-corrected chi connectivity index (χ2v) is 5.85. The second-order valence-electron chi connectivity index (χ2n) is 4.93. The summed E-state index contributed by atoms with van der Waals surface area (Å²) in [5.41, 5.74) is 1.59. The summed E-state index contributed by atoms with van der Waals surface area (Å²) in [7, 11) is 0. The molecule has 4 nitrogen and oxygen atoms in total. The van der Waals surface area contributed by atoms with E-state index in [2.05, 4.69) is 25.9 Å². The normalized spacial score (nSPS) is 20.3. The van der Waals surface area contributed by atoms with Gasteiger partial charge in [0.05, 0.1) is 12.5 Å². The first kappa shape index (κ1) is 14.3. The van der Waals surface area contributed by atoms with Gasteiger partial charge < -0.3 is 9.72 Å². The summed E-state index contributed by atoms with van der Waals surface area (Å²) in [4.78, 5) is 19.4. The number of ether oxygens (including phenoxy) is 1. The van der Waals surface area contributed by atoms with Crippen molar-refractivity contribution in [1.29, 1.82) is 0 Å². The molecule has 6 heteroatoms. The van der Waals surface area contributed by atoms with Gasteiger partial charge in [-0.3, -0.25) is 0 Å². The van der Waals surface area contributed by atoms with E-state index in [0.29, 0.717) is 17.9 Å². The van der Waals surface area contributed by atoms with Crippen molar-refractivity contribution in [2.45, 2.75) is 25.4 Å². The molecule has 1 N–H and O–H groups in total. The Hall–Kier alpha value is -1.69. The van der Waals surface area contributed by atoms with Gasteiger partial charge in [0.2, 0.25) is 0 Å². The molecule has 0 spiro atoms. The molecule has 1 heterocycles. The van der Waals surface area contributed by atoms with Crippen molar-refractivity contribution in [2.75, 3.05) is 6.61 Å². The van der Waals surface area contributed by atoms with Crippen molar-refractivity contribution in [3.05, 3.63) is 40.3 Å². The molecule has 0 aliphatic heterocycles. The number of nitrogens with one attached hydrogen (secondary N) is 1. The summed E-state index contributed by atoms with van der Waals surface area (Å²) in [6, 6.07) is 7.45. The van der Waals surface area contributed by atoms with Crippen LogP contribution >= 0.6 is 15.9 Å². The van der Waals surface area contributed by atoms with Gasteiger partial charge in [0.1, 0.15) is 17.7 Å². The first-order valence-corrected chi connectivity index (χ1v) is 7.56. The van der Waals surface area contributed by atoms with Crippen LogP contribution in [0.4, 0.5) is 4.39 Å².